The van der Waals surface area contributed by atoms with E-state index in [1.165, 1.54) is 11.4 Å². The first kappa shape index (κ1) is 13.4. The summed E-state index contributed by atoms with van der Waals surface area (Å²) >= 11 is 0. The normalized spacial score (nSPS) is 20.4. The summed E-state index contributed by atoms with van der Waals surface area (Å²) in [7, 11) is 4.20. The third-order valence-corrected chi connectivity index (χ3v) is 4.13. The molecule has 1 aromatic rings. The van der Waals surface area contributed by atoms with Gasteiger partial charge in [-0.2, -0.15) is 5.10 Å². The van der Waals surface area contributed by atoms with E-state index in [0.29, 0.717) is 6.54 Å². The second-order valence-corrected chi connectivity index (χ2v) is 5.87. The van der Waals surface area contributed by atoms with E-state index in [4.69, 9.17) is 5.73 Å². The van der Waals surface area contributed by atoms with Gasteiger partial charge in [-0.3, -0.25) is 9.58 Å². The molecule has 0 radical (unpaired) electrons. The van der Waals surface area contributed by atoms with Crippen LogP contribution in [-0.4, -0.2) is 46.9 Å². The first-order valence-electron chi connectivity index (χ1n) is 6.55. The molecule has 0 saturated carbocycles. The monoisotopic (exact) mass is 251 g/mol. The smallest absolute Gasteiger partial charge is 0.131 e. The minimum absolute atomic E-state index is 0.183. The highest BCUT2D eigenvalue weighted by atomic mass is 15.4. The molecule has 1 aromatic heterocycles. The van der Waals surface area contributed by atoms with Crippen LogP contribution >= 0.6 is 0 Å². The van der Waals surface area contributed by atoms with Gasteiger partial charge in [0.2, 0.25) is 0 Å². The first-order chi connectivity index (χ1) is 8.36. The van der Waals surface area contributed by atoms with Gasteiger partial charge in [0, 0.05) is 44.3 Å². The van der Waals surface area contributed by atoms with Gasteiger partial charge in [-0.05, 0) is 27.8 Å². The average Bonchev–Trinajstić information content (AvgIpc) is 2.57. The standard InChI is InChI=1S/C13H25N5/c1-10-11(8-14)12(17(5)15-10)18-7-6-16(4)13(2,3)9-18/h6-9,14H2,1-5H3. The molecule has 1 saturated heterocycles. The summed E-state index contributed by atoms with van der Waals surface area (Å²) in [5, 5.41) is 4.51. The lowest BCUT2D eigenvalue weighted by molar-refractivity contribution is 0.138. The van der Waals surface area contributed by atoms with Crippen LogP contribution in [0.3, 0.4) is 0 Å². The van der Waals surface area contributed by atoms with Crippen LogP contribution in [-0.2, 0) is 13.6 Å². The zero-order valence-corrected chi connectivity index (χ0v) is 12.2. The van der Waals surface area contributed by atoms with Crippen molar-refractivity contribution in [2.75, 3.05) is 31.6 Å². The van der Waals surface area contributed by atoms with Crippen LogP contribution in [0.4, 0.5) is 5.82 Å². The molecule has 2 heterocycles. The zero-order chi connectivity index (χ0) is 13.5. The number of anilines is 1. The molecule has 0 bridgehead atoms. The van der Waals surface area contributed by atoms with Crippen LogP contribution in [0.25, 0.3) is 0 Å². The van der Waals surface area contributed by atoms with Crippen molar-refractivity contribution in [3.63, 3.8) is 0 Å². The molecule has 0 unspecified atom stereocenters. The molecule has 0 aliphatic carbocycles. The predicted molar refractivity (Wildman–Crippen MR) is 74.8 cm³/mol. The van der Waals surface area contributed by atoms with Gasteiger partial charge >= 0.3 is 0 Å². The second kappa shape index (κ2) is 4.55. The fraction of sp³-hybridized carbons (Fsp3) is 0.769. The third kappa shape index (κ3) is 2.12. The maximum atomic E-state index is 5.88. The van der Waals surface area contributed by atoms with E-state index >= 15 is 0 Å². The van der Waals surface area contributed by atoms with Gasteiger partial charge in [0.05, 0.1) is 5.69 Å². The van der Waals surface area contributed by atoms with Gasteiger partial charge in [0.15, 0.2) is 0 Å². The summed E-state index contributed by atoms with van der Waals surface area (Å²) in [6.45, 7) is 10.3. The van der Waals surface area contributed by atoms with Crippen LogP contribution in [0.15, 0.2) is 0 Å². The Bertz CT molecular complexity index is 435. The molecule has 1 fully saturated rings. The number of aromatic nitrogens is 2. The van der Waals surface area contributed by atoms with Crippen molar-refractivity contribution in [1.82, 2.24) is 14.7 Å². The molecule has 0 amide bonds. The van der Waals surface area contributed by atoms with E-state index in [0.717, 1.165) is 25.3 Å². The molecule has 0 spiro atoms. The molecule has 5 heteroatoms. The van der Waals surface area contributed by atoms with Crippen LogP contribution in [0.5, 0.6) is 0 Å². The second-order valence-electron chi connectivity index (χ2n) is 5.87. The summed E-state index contributed by atoms with van der Waals surface area (Å²) in [5.41, 5.74) is 8.29. The summed E-state index contributed by atoms with van der Waals surface area (Å²) in [6, 6.07) is 0. The van der Waals surface area contributed by atoms with E-state index in [9.17, 15) is 0 Å². The Morgan fingerprint density at radius 3 is 2.50 bits per heavy atom. The number of nitrogens with zero attached hydrogens (tertiary/aromatic N) is 4. The zero-order valence-electron chi connectivity index (χ0n) is 12.2. The topological polar surface area (TPSA) is 50.3 Å². The molecule has 18 heavy (non-hydrogen) atoms. The Kier molecular flexibility index (Phi) is 3.38. The van der Waals surface area contributed by atoms with E-state index in [2.05, 4.69) is 35.8 Å². The van der Waals surface area contributed by atoms with Crippen molar-refractivity contribution >= 4 is 5.82 Å². The van der Waals surface area contributed by atoms with Crippen molar-refractivity contribution in [3.05, 3.63) is 11.3 Å². The van der Waals surface area contributed by atoms with Gasteiger partial charge < -0.3 is 10.6 Å². The minimum Gasteiger partial charge on any atom is -0.353 e. The van der Waals surface area contributed by atoms with E-state index < -0.39 is 0 Å². The van der Waals surface area contributed by atoms with Gasteiger partial charge in [-0.1, -0.05) is 0 Å². The highest BCUT2D eigenvalue weighted by molar-refractivity contribution is 5.51. The minimum atomic E-state index is 0.183. The number of rotatable bonds is 2. The summed E-state index contributed by atoms with van der Waals surface area (Å²) in [6.07, 6.45) is 0. The Morgan fingerprint density at radius 1 is 1.28 bits per heavy atom. The number of likely N-dealkylation sites (N-methyl/N-ethyl adjacent to an activating group) is 1. The lowest BCUT2D eigenvalue weighted by atomic mass is 9.99. The number of hydrogen-bond acceptors (Lipinski definition) is 4. The van der Waals surface area contributed by atoms with Crippen LogP contribution in [0.1, 0.15) is 25.1 Å². The van der Waals surface area contributed by atoms with Crippen molar-refractivity contribution in [2.45, 2.75) is 32.9 Å². The van der Waals surface area contributed by atoms with Crippen LogP contribution in [0.2, 0.25) is 0 Å². The van der Waals surface area contributed by atoms with Crippen molar-refractivity contribution in [1.29, 1.82) is 0 Å². The fourth-order valence-corrected chi connectivity index (χ4v) is 2.75. The summed E-state index contributed by atoms with van der Waals surface area (Å²) < 4.78 is 1.97. The molecular formula is C13H25N5. The number of hydrogen-bond donors (Lipinski definition) is 1. The van der Waals surface area contributed by atoms with E-state index in [-0.39, 0.29) is 5.54 Å². The molecule has 102 valence electrons. The molecule has 2 rings (SSSR count). The fourth-order valence-electron chi connectivity index (χ4n) is 2.75. The molecule has 5 nitrogen and oxygen atoms in total. The van der Waals surface area contributed by atoms with Crippen molar-refractivity contribution in [3.8, 4) is 0 Å². The number of piperazine rings is 1. The van der Waals surface area contributed by atoms with Crippen LogP contribution < -0.4 is 10.6 Å². The lowest BCUT2D eigenvalue weighted by Gasteiger charge is -2.46. The summed E-state index contributed by atoms with van der Waals surface area (Å²) in [4.78, 5) is 4.83. The largest absolute Gasteiger partial charge is 0.353 e. The van der Waals surface area contributed by atoms with Crippen molar-refractivity contribution in [2.24, 2.45) is 12.8 Å². The maximum absolute atomic E-state index is 5.88. The number of nitrogens with two attached hydrogens (primary N) is 1. The Hall–Kier alpha value is -1.07. The SMILES string of the molecule is Cc1nn(C)c(N2CCN(C)C(C)(C)C2)c1CN. The molecule has 1 aliphatic rings. The predicted octanol–water partition coefficient (Wildman–Crippen LogP) is 0.718. The molecular weight excluding hydrogens is 226 g/mol. The van der Waals surface area contributed by atoms with Gasteiger partial charge in [0.25, 0.3) is 0 Å². The maximum Gasteiger partial charge on any atom is 0.131 e. The lowest BCUT2D eigenvalue weighted by Crippen LogP contribution is -2.58. The molecule has 0 atom stereocenters. The Morgan fingerprint density at radius 2 is 1.94 bits per heavy atom. The highest BCUT2D eigenvalue weighted by Crippen LogP contribution is 2.28. The first-order valence-corrected chi connectivity index (χ1v) is 6.55. The van der Waals surface area contributed by atoms with Gasteiger partial charge in [-0.25, -0.2) is 0 Å². The molecule has 1 aliphatic heterocycles. The molecule has 2 N–H and O–H groups in total. The van der Waals surface area contributed by atoms with Crippen molar-refractivity contribution < 1.29 is 0 Å². The summed E-state index contributed by atoms with van der Waals surface area (Å²) in [5.74, 6) is 1.19. The Labute approximate surface area is 110 Å². The van der Waals surface area contributed by atoms with E-state index in [1.807, 2.05) is 18.7 Å². The van der Waals surface area contributed by atoms with Gasteiger partial charge in [-0.15, -0.1) is 0 Å². The highest BCUT2D eigenvalue weighted by Gasteiger charge is 2.33. The Balaban J connectivity index is 2.33. The average molecular weight is 251 g/mol. The van der Waals surface area contributed by atoms with E-state index in [1.54, 1.807) is 0 Å². The quantitative estimate of drug-likeness (QED) is 0.841. The van der Waals surface area contributed by atoms with Gasteiger partial charge in [0.1, 0.15) is 5.82 Å². The molecule has 0 aromatic carbocycles. The third-order valence-electron chi connectivity index (χ3n) is 4.13. The number of aryl methyl sites for hydroxylation is 2. The van der Waals surface area contributed by atoms with Crippen LogP contribution in [0, 0.1) is 6.92 Å².